The maximum atomic E-state index is 5.91. The van der Waals surface area contributed by atoms with Crippen LogP contribution in [0.3, 0.4) is 0 Å². The molecule has 3 nitrogen and oxygen atoms in total. The van der Waals surface area contributed by atoms with Gasteiger partial charge in [0.05, 0.1) is 12.6 Å². The molecular weight excluding hydrogens is 249 g/mol. The molecule has 16 heavy (non-hydrogen) atoms. The summed E-state index contributed by atoms with van der Waals surface area (Å²) in [7, 11) is 1.60. The molecule has 90 valence electrons. The third-order valence-electron chi connectivity index (χ3n) is 2.50. The van der Waals surface area contributed by atoms with Gasteiger partial charge in [-0.1, -0.05) is 11.6 Å². The molecule has 0 atom stereocenters. The molecule has 0 heterocycles. The maximum Gasteiger partial charge on any atom is 0.124 e. The highest BCUT2D eigenvalue weighted by molar-refractivity contribution is 6.30. The van der Waals surface area contributed by atoms with Gasteiger partial charge in [-0.15, -0.1) is 12.4 Å². The summed E-state index contributed by atoms with van der Waals surface area (Å²) in [5, 5.41) is 0.603. The number of hydrogen-bond donors (Lipinski definition) is 1. The number of nitrogens with two attached hydrogens (primary N) is 1. The minimum Gasteiger partial charge on any atom is -0.497 e. The normalized spacial score (nSPS) is 16.2. The predicted molar refractivity (Wildman–Crippen MR) is 66.9 cm³/mol. The maximum absolute atomic E-state index is 5.91. The molecule has 1 fully saturated rings. The zero-order chi connectivity index (χ0) is 10.9. The SMILES string of the molecule is COc1cc(Cl)cc(OCC2(N)CC2)c1.Cl. The molecule has 2 rings (SSSR count). The lowest BCUT2D eigenvalue weighted by Crippen LogP contribution is -2.29. The van der Waals surface area contributed by atoms with E-state index in [1.807, 2.05) is 0 Å². The minimum absolute atomic E-state index is 0. The lowest BCUT2D eigenvalue weighted by atomic mass is 10.3. The van der Waals surface area contributed by atoms with E-state index in [-0.39, 0.29) is 17.9 Å². The minimum atomic E-state index is -0.116. The number of hydrogen-bond acceptors (Lipinski definition) is 3. The monoisotopic (exact) mass is 263 g/mol. The van der Waals surface area contributed by atoms with Gasteiger partial charge in [-0.3, -0.25) is 0 Å². The summed E-state index contributed by atoms with van der Waals surface area (Å²) < 4.78 is 10.7. The Morgan fingerprint density at radius 2 is 1.94 bits per heavy atom. The molecule has 1 aromatic carbocycles. The Labute approximate surface area is 106 Å². The van der Waals surface area contributed by atoms with E-state index in [0.717, 1.165) is 12.8 Å². The highest BCUT2D eigenvalue weighted by atomic mass is 35.5. The molecular formula is C11H15Cl2NO2. The van der Waals surface area contributed by atoms with Crippen LogP contribution in [-0.2, 0) is 0 Å². The van der Waals surface area contributed by atoms with Gasteiger partial charge in [0, 0.05) is 11.1 Å². The molecule has 0 spiro atoms. The first-order valence-electron chi connectivity index (χ1n) is 4.88. The van der Waals surface area contributed by atoms with Crippen molar-refractivity contribution >= 4 is 24.0 Å². The standard InChI is InChI=1S/C11H14ClNO2.ClH/c1-14-9-4-8(12)5-10(6-9)15-7-11(13)2-3-11;/h4-6H,2-3,7,13H2,1H3;1H. The van der Waals surface area contributed by atoms with Gasteiger partial charge in [0.25, 0.3) is 0 Å². The summed E-state index contributed by atoms with van der Waals surface area (Å²) in [5.74, 6) is 1.40. The number of halogens is 2. The van der Waals surface area contributed by atoms with Gasteiger partial charge in [0.1, 0.15) is 18.1 Å². The van der Waals surface area contributed by atoms with Crippen molar-refractivity contribution in [2.24, 2.45) is 5.73 Å². The van der Waals surface area contributed by atoms with Crippen molar-refractivity contribution in [1.82, 2.24) is 0 Å². The van der Waals surface area contributed by atoms with Crippen molar-refractivity contribution in [3.05, 3.63) is 23.2 Å². The Morgan fingerprint density at radius 1 is 1.31 bits per heavy atom. The van der Waals surface area contributed by atoms with E-state index in [9.17, 15) is 0 Å². The fraction of sp³-hybridized carbons (Fsp3) is 0.455. The average molecular weight is 264 g/mol. The second-order valence-electron chi connectivity index (χ2n) is 3.98. The van der Waals surface area contributed by atoms with Gasteiger partial charge in [0.15, 0.2) is 0 Å². The molecule has 0 amide bonds. The molecule has 1 aliphatic rings. The second kappa shape index (κ2) is 5.13. The molecule has 1 aliphatic carbocycles. The van der Waals surface area contributed by atoms with E-state index in [4.69, 9.17) is 26.8 Å². The first kappa shape index (κ1) is 13.4. The molecule has 1 aromatic rings. The smallest absolute Gasteiger partial charge is 0.124 e. The predicted octanol–water partition coefficient (Wildman–Crippen LogP) is 2.64. The zero-order valence-corrected chi connectivity index (χ0v) is 10.6. The zero-order valence-electron chi connectivity index (χ0n) is 9.03. The van der Waals surface area contributed by atoms with E-state index >= 15 is 0 Å². The Bertz CT molecular complexity index is 367. The van der Waals surface area contributed by atoms with Crippen LogP contribution in [0.15, 0.2) is 18.2 Å². The van der Waals surface area contributed by atoms with Gasteiger partial charge in [0.2, 0.25) is 0 Å². The quantitative estimate of drug-likeness (QED) is 0.909. The number of benzene rings is 1. The highest BCUT2D eigenvalue weighted by Gasteiger charge is 2.39. The van der Waals surface area contributed by atoms with Crippen LogP contribution in [0.1, 0.15) is 12.8 Å². The van der Waals surface area contributed by atoms with Crippen LogP contribution < -0.4 is 15.2 Å². The van der Waals surface area contributed by atoms with E-state index in [1.165, 1.54) is 0 Å². The largest absolute Gasteiger partial charge is 0.497 e. The second-order valence-corrected chi connectivity index (χ2v) is 4.41. The van der Waals surface area contributed by atoms with E-state index in [1.54, 1.807) is 25.3 Å². The number of methoxy groups -OCH3 is 1. The molecule has 5 heteroatoms. The van der Waals surface area contributed by atoms with Crippen LogP contribution in [-0.4, -0.2) is 19.3 Å². The molecule has 2 N–H and O–H groups in total. The Kier molecular flexibility index (Phi) is 4.30. The topological polar surface area (TPSA) is 44.5 Å². The fourth-order valence-electron chi connectivity index (χ4n) is 1.27. The molecule has 0 aliphatic heterocycles. The summed E-state index contributed by atoms with van der Waals surface area (Å²) in [5.41, 5.74) is 5.80. The Morgan fingerprint density at radius 3 is 2.50 bits per heavy atom. The van der Waals surface area contributed by atoms with Crippen molar-refractivity contribution in [1.29, 1.82) is 0 Å². The molecule has 0 radical (unpaired) electrons. The summed E-state index contributed by atoms with van der Waals surface area (Å²) in [6, 6.07) is 5.30. The lowest BCUT2D eigenvalue weighted by Gasteiger charge is -2.12. The van der Waals surface area contributed by atoms with Gasteiger partial charge in [-0.25, -0.2) is 0 Å². The number of ether oxygens (including phenoxy) is 2. The van der Waals surface area contributed by atoms with E-state index in [2.05, 4.69) is 0 Å². The summed E-state index contributed by atoms with van der Waals surface area (Å²) in [6.07, 6.45) is 2.06. The first-order valence-corrected chi connectivity index (χ1v) is 5.25. The molecule has 0 aromatic heterocycles. The van der Waals surface area contributed by atoms with Gasteiger partial charge >= 0.3 is 0 Å². The first-order chi connectivity index (χ1) is 7.11. The third-order valence-corrected chi connectivity index (χ3v) is 2.72. The highest BCUT2D eigenvalue weighted by Crippen LogP contribution is 2.33. The molecule has 0 unspecified atom stereocenters. The Balaban J connectivity index is 0.00000128. The van der Waals surface area contributed by atoms with Crippen LogP contribution in [0.2, 0.25) is 5.02 Å². The summed E-state index contributed by atoms with van der Waals surface area (Å²) in [6.45, 7) is 0.538. The van der Waals surface area contributed by atoms with Crippen LogP contribution in [0.4, 0.5) is 0 Å². The van der Waals surface area contributed by atoms with Crippen molar-refractivity contribution < 1.29 is 9.47 Å². The fourth-order valence-corrected chi connectivity index (χ4v) is 1.49. The summed E-state index contributed by atoms with van der Waals surface area (Å²) >= 11 is 5.90. The van der Waals surface area contributed by atoms with Gasteiger partial charge in [-0.05, 0) is 25.0 Å². The molecule has 0 bridgehead atoms. The van der Waals surface area contributed by atoms with E-state index < -0.39 is 0 Å². The van der Waals surface area contributed by atoms with Crippen LogP contribution in [0.25, 0.3) is 0 Å². The van der Waals surface area contributed by atoms with Crippen LogP contribution >= 0.6 is 24.0 Å². The number of rotatable bonds is 4. The van der Waals surface area contributed by atoms with Crippen LogP contribution in [0.5, 0.6) is 11.5 Å². The molecule has 0 saturated heterocycles. The van der Waals surface area contributed by atoms with Crippen molar-refractivity contribution in [2.45, 2.75) is 18.4 Å². The summed E-state index contributed by atoms with van der Waals surface area (Å²) in [4.78, 5) is 0. The van der Waals surface area contributed by atoms with Crippen molar-refractivity contribution in [2.75, 3.05) is 13.7 Å². The Hall–Kier alpha value is -0.640. The van der Waals surface area contributed by atoms with E-state index in [0.29, 0.717) is 23.1 Å². The van der Waals surface area contributed by atoms with Crippen molar-refractivity contribution in [3.63, 3.8) is 0 Å². The van der Waals surface area contributed by atoms with Crippen molar-refractivity contribution in [3.8, 4) is 11.5 Å². The van der Waals surface area contributed by atoms with Gasteiger partial charge in [-0.2, -0.15) is 0 Å². The average Bonchev–Trinajstić information content (AvgIpc) is 2.94. The third kappa shape index (κ3) is 3.44. The van der Waals surface area contributed by atoms with Gasteiger partial charge < -0.3 is 15.2 Å². The molecule has 1 saturated carbocycles. The lowest BCUT2D eigenvalue weighted by molar-refractivity contribution is 0.278. The van der Waals surface area contributed by atoms with Crippen LogP contribution in [0, 0.1) is 0 Å².